The monoisotopic (exact) mass is 208 g/mol. The molecule has 0 saturated heterocycles. The molecule has 0 aromatic carbocycles. The lowest BCUT2D eigenvalue weighted by molar-refractivity contribution is 0.0996. The summed E-state index contributed by atoms with van der Waals surface area (Å²) >= 11 is 1.37. The molecule has 72 valence electrons. The summed E-state index contributed by atoms with van der Waals surface area (Å²) in [5.74, 6) is 0.0719. The van der Waals surface area contributed by atoms with E-state index in [2.05, 4.69) is 10.3 Å². The fraction of sp³-hybridized carbons (Fsp3) is 0.111. The molecular weight excluding hydrogens is 200 g/mol. The van der Waals surface area contributed by atoms with Gasteiger partial charge in [0, 0.05) is 17.1 Å². The molecule has 2 heterocycles. The fourth-order valence-corrected chi connectivity index (χ4v) is 1.57. The Morgan fingerprint density at radius 2 is 2.50 bits per heavy atom. The first-order valence-corrected chi connectivity index (χ1v) is 4.90. The maximum atomic E-state index is 11.6. The van der Waals surface area contributed by atoms with Crippen molar-refractivity contribution in [2.24, 2.45) is 0 Å². The van der Waals surface area contributed by atoms with Gasteiger partial charge in [0.05, 0.1) is 6.26 Å². The van der Waals surface area contributed by atoms with Crippen molar-refractivity contribution in [1.29, 1.82) is 0 Å². The molecular formula is C9H8N2O2S. The number of thiazole rings is 1. The average Bonchev–Trinajstić information content (AvgIpc) is 2.75. The third-order valence-electron chi connectivity index (χ3n) is 1.72. The Bertz CT molecular complexity index is 433. The zero-order chi connectivity index (χ0) is 9.97. The van der Waals surface area contributed by atoms with Crippen LogP contribution in [0.1, 0.15) is 16.1 Å². The van der Waals surface area contributed by atoms with E-state index in [9.17, 15) is 4.79 Å². The zero-order valence-electron chi connectivity index (χ0n) is 7.48. The van der Waals surface area contributed by atoms with E-state index in [1.54, 1.807) is 17.6 Å². The number of aryl methyl sites for hydroxylation is 1. The third-order valence-corrected chi connectivity index (χ3v) is 2.41. The molecule has 1 N–H and O–H groups in total. The number of hydrogen-bond donors (Lipinski definition) is 1. The minimum atomic E-state index is -0.262. The van der Waals surface area contributed by atoms with Crippen molar-refractivity contribution < 1.29 is 9.21 Å². The normalized spacial score (nSPS) is 10.1. The first-order chi connectivity index (χ1) is 6.77. The highest BCUT2D eigenvalue weighted by Gasteiger charge is 2.13. The molecule has 0 aliphatic carbocycles. The number of aromatic nitrogens is 1. The summed E-state index contributed by atoms with van der Waals surface area (Å²) in [6, 6.07) is 1.75. The van der Waals surface area contributed by atoms with E-state index in [0.717, 1.165) is 5.56 Å². The maximum Gasteiger partial charge on any atom is 0.293 e. The highest BCUT2D eigenvalue weighted by molar-refractivity contribution is 7.13. The summed E-state index contributed by atoms with van der Waals surface area (Å²) in [5, 5.41) is 5.01. The second-order valence-corrected chi connectivity index (χ2v) is 3.62. The van der Waals surface area contributed by atoms with Gasteiger partial charge in [0.1, 0.15) is 0 Å². The van der Waals surface area contributed by atoms with Gasteiger partial charge in [-0.15, -0.1) is 11.3 Å². The van der Waals surface area contributed by atoms with Gasteiger partial charge in [0.15, 0.2) is 10.9 Å². The first-order valence-electron chi connectivity index (χ1n) is 4.02. The predicted molar refractivity (Wildman–Crippen MR) is 53.5 cm³/mol. The van der Waals surface area contributed by atoms with Crippen LogP contribution in [0.5, 0.6) is 0 Å². The van der Waals surface area contributed by atoms with Crippen molar-refractivity contribution >= 4 is 22.4 Å². The molecule has 0 saturated carbocycles. The topological polar surface area (TPSA) is 55.1 Å². The summed E-state index contributed by atoms with van der Waals surface area (Å²) in [7, 11) is 0. The lowest BCUT2D eigenvalue weighted by atomic mass is 10.3. The SMILES string of the molecule is Cc1ccoc1C(=O)Nc1nccs1. The number of rotatable bonds is 2. The van der Waals surface area contributed by atoms with Crippen LogP contribution in [-0.4, -0.2) is 10.9 Å². The molecule has 0 spiro atoms. The molecule has 0 unspecified atom stereocenters. The van der Waals surface area contributed by atoms with E-state index in [1.165, 1.54) is 17.6 Å². The number of carbonyl (C=O) groups is 1. The van der Waals surface area contributed by atoms with Crippen LogP contribution in [0, 0.1) is 6.92 Å². The standard InChI is InChI=1S/C9H8N2O2S/c1-6-2-4-13-7(6)8(12)11-9-10-3-5-14-9/h2-5H,1H3,(H,10,11,12). The zero-order valence-corrected chi connectivity index (χ0v) is 8.30. The van der Waals surface area contributed by atoms with Crippen LogP contribution in [0.4, 0.5) is 5.13 Å². The van der Waals surface area contributed by atoms with Crippen LogP contribution in [0.25, 0.3) is 0 Å². The van der Waals surface area contributed by atoms with Crippen LogP contribution in [0.15, 0.2) is 28.3 Å². The number of amides is 1. The van der Waals surface area contributed by atoms with Crippen molar-refractivity contribution in [3.05, 3.63) is 35.2 Å². The molecule has 4 nitrogen and oxygen atoms in total. The smallest absolute Gasteiger partial charge is 0.293 e. The van der Waals surface area contributed by atoms with E-state index in [4.69, 9.17) is 4.42 Å². The molecule has 14 heavy (non-hydrogen) atoms. The quantitative estimate of drug-likeness (QED) is 0.823. The Hall–Kier alpha value is -1.62. The van der Waals surface area contributed by atoms with Crippen LogP contribution in [0.3, 0.4) is 0 Å². The molecule has 2 aromatic heterocycles. The Morgan fingerprint density at radius 3 is 3.07 bits per heavy atom. The summed E-state index contributed by atoms with van der Waals surface area (Å²) in [6.07, 6.45) is 3.13. The minimum Gasteiger partial charge on any atom is -0.459 e. The van der Waals surface area contributed by atoms with Gasteiger partial charge in [-0.2, -0.15) is 0 Å². The molecule has 5 heteroatoms. The van der Waals surface area contributed by atoms with Gasteiger partial charge in [-0.25, -0.2) is 4.98 Å². The molecule has 0 aliphatic rings. The van der Waals surface area contributed by atoms with Gasteiger partial charge in [0.2, 0.25) is 0 Å². The molecule has 0 bridgehead atoms. The summed E-state index contributed by atoms with van der Waals surface area (Å²) in [6.45, 7) is 1.82. The molecule has 0 aliphatic heterocycles. The second-order valence-electron chi connectivity index (χ2n) is 2.72. The molecule has 2 rings (SSSR count). The maximum absolute atomic E-state index is 11.6. The van der Waals surface area contributed by atoms with Crippen LogP contribution in [0.2, 0.25) is 0 Å². The summed E-state index contributed by atoms with van der Waals surface area (Å²) < 4.78 is 5.04. The van der Waals surface area contributed by atoms with Crippen molar-refractivity contribution in [3.63, 3.8) is 0 Å². The number of furan rings is 1. The highest BCUT2D eigenvalue weighted by atomic mass is 32.1. The van der Waals surface area contributed by atoms with Crippen LogP contribution >= 0.6 is 11.3 Å². The predicted octanol–water partition coefficient (Wildman–Crippen LogP) is 2.30. The number of nitrogens with zero attached hydrogens (tertiary/aromatic N) is 1. The van der Waals surface area contributed by atoms with Gasteiger partial charge in [-0.1, -0.05) is 0 Å². The van der Waals surface area contributed by atoms with E-state index in [-0.39, 0.29) is 5.91 Å². The van der Waals surface area contributed by atoms with E-state index in [1.807, 2.05) is 6.92 Å². The Kier molecular flexibility index (Phi) is 2.32. The highest BCUT2D eigenvalue weighted by Crippen LogP contribution is 2.14. The van der Waals surface area contributed by atoms with Crippen molar-refractivity contribution in [2.75, 3.05) is 5.32 Å². The minimum absolute atomic E-state index is 0.262. The second kappa shape index (κ2) is 3.63. The van der Waals surface area contributed by atoms with E-state index >= 15 is 0 Å². The number of carbonyl (C=O) groups excluding carboxylic acids is 1. The first kappa shape index (κ1) is 8.96. The molecule has 1 amide bonds. The number of nitrogens with one attached hydrogen (secondary N) is 1. The van der Waals surface area contributed by atoms with Crippen molar-refractivity contribution in [1.82, 2.24) is 4.98 Å². The van der Waals surface area contributed by atoms with Crippen molar-refractivity contribution in [3.8, 4) is 0 Å². The molecule has 2 aromatic rings. The molecule has 0 fully saturated rings. The van der Waals surface area contributed by atoms with Crippen LogP contribution < -0.4 is 5.32 Å². The van der Waals surface area contributed by atoms with Crippen molar-refractivity contribution in [2.45, 2.75) is 6.92 Å². The van der Waals surface area contributed by atoms with E-state index in [0.29, 0.717) is 10.9 Å². The third kappa shape index (κ3) is 1.67. The summed E-state index contributed by atoms with van der Waals surface area (Å²) in [5.41, 5.74) is 0.819. The Labute approximate surface area is 84.6 Å². The van der Waals surface area contributed by atoms with Gasteiger partial charge in [-0.05, 0) is 13.0 Å². The number of anilines is 1. The van der Waals surface area contributed by atoms with Crippen LogP contribution in [-0.2, 0) is 0 Å². The average molecular weight is 208 g/mol. The van der Waals surface area contributed by atoms with Gasteiger partial charge in [0.25, 0.3) is 5.91 Å². The Morgan fingerprint density at radius 1 is 1.64 bits per heavy atom. The number of hydrogen-bond acceptors (Lipinski definition) is 4. The summed E-state index contributed by atoms with van der Waals surface area (Å²) in [4.78, 5) is 15.5. The fourth-order valence-electron chi connectivity index (χ4n) is 1.04. The molecule has 0 radical (unpaired) electrons. The van der Waals surface area contributed by atoms with Gasteiger partial charge >= 0.3 is 0 Å². The lowest BCUT2D eigenvalue weighted by Gasteiger charge is -1.98. The van der Waals surface area contributed by atoms with Gasteiger partial charge < -0.3 is 4.42 Å². The molecule has 0 atom stereocenters. The van der Waals surface area contributed by atoms with Gasteiger partial charge in [-0.3, -0.25) is 10.1 Å². The largest absolute Gasteiger partial charge is 0.459 e. The lowest BCUT2D eigenvalue weighted by Crippen LogP contribution is -2.11. The van der Waals surface area contributed by atoms with E-state index < -0.39 is 0 Å². The Balaban J connectivity index is 2.14.